The second-order valence-electron chi connectivity index (χ2n) is 10.1. The Morgan fingerprint density at radius 1 is 1.09 bits per heavy atom. The second kappa shape index (κ2) is 12.7. The Balaban J connectivity index is 1.81. The SMILES string of the molecule is CCOC(=O)Oc1cn(C(C)(C)CO)c2cc(C#Cc3cc(Cc4cnc(N)nc4N)cc(OC)c3OC)ccc2c1=O. The summed E-state index contributed by atoms with van der Waals surface area (Å²) in [6.07, 6.45) is 2.37. The van der Waals surface area contributed by atoms with Crippen LogP contribution in [0, 0.1) is 11.8 Å². The van der Waals surface area contributed by atoms with Crippen LogP contribution >= 0.6 is 0 Å². The van der Waals surface area contributed by atoms with Crippen molar-refractivity contribution in [1.29, 1.82) is 0 Å². The first kappa shape index (κ1) is 30.7. The molecule has 0 aliphatic heterocycles. The number of nitrogen functional groups attached to an aromatic ring is 2. The fourth-order valence-electron chi connectivity index (χ4n) is 4.41. The van der Waals surface area contributed by atoms with Gasteiger partial charge in [-0.25, -0.2) is 9.78 Å². The predicted molar refractivity (Wildman–Crippen MR) is 161 cm³/mol. The fraction of sp³-hybridized carbons (Fsp3) is 0.290. The van der Waals surface area contributed by atoms with Crippen LogP contribution in [0.25, 0.3) is 10.9 Å². The summed E-state index contributed by atoms with van der Waals surface area (Å²) in [4.78, 5) is 33.2. The highest BCUT2D eigenvalue weighted by Crippen LogP contribution is 2.33. The lowest BCUT2D eigenvalue weighted by Gasteiger charge is -2.28. The molecule has 0 amide bonds. The summed E-state index contributed by atoms with van der Waals surface area (Å²) in [5.74, 6) is 7.35. The number of carbonyl (C=O) groups excluding carboxylic acids is 1. The van der Waals surface area contributed by atoms with Gasteiger partial charge in [0.1, 0.15) is 5.82 Å². The van der Waals surface area contributed by atoms with Gasteiger partial charge in [-0.1, -0.05) is 11.8 Å². The van der Waals surface area contributed by atoms with Crippen molar-refractivity contribution in [3.05, 3.63) is 75.2 Å². The number of aliphatic hydroxyl groups excluding tert-OH is 1. The van der Waals surface area contributed by atoms with E-state index in [-0.39, 0.29) is 36.1 Å². The maximum atomic E-state index is 13.2. The molecule has 0 unspecified atom stereocenters. The van der Waals surface area contributed by atoms with Gasteiger partial charge in [-0.2, -0.15) is 4.98 Å². The summed E-state index contributed by atoms with van der Waals surface area (Å²) < 4.78 is 22.9. The Morgan fingerprint density at radius 3 is 2.51 bits per heavy atom. The van der Waals surface area contributed by atoms with E-state index in [0.29, 0.717) is 40.1 Å². The van der Waals surface area contributed by atoms with E-state index in [4.69, 9.17) is 30.4 Å². The molecule has 2 heterocycles. The normalized spacial score (nSPS) is 11.0. The fourth-order valence-corrected chi connectivity index (χ4v) is 4.41. The van der Waals surface area contributed by atoms with Gasteiger partial charge in [-0.05, 0) is 56.7 Å². The van der Waals surface area contributed by atoms with E-state index >= 15 is 0 Å². The number of hydrogen-bond donors (Lipinski definition) is 3. The molecule has 224 valence electrons. The average molecular weight is 588 g/mol. The van der Waals surface area contributed by atoms with E-state index < -0.39 is 17.1 Å². The summed E-state index contributed by atoms with van der Waals surface area (Å²) in [5.41, 5.74) is 13.4. The minimum Gasteiger partial charge on any atom is -0.493 e. The summed E-state index contributed by atoms with van der Waals surface area (Å²) in [6, 6.07) is 8.69. The van der Waals surface area contributed by atoms with E-state index in [1.807, 2.05) is 12.1 Å². The standard InChI is InChI=1S/C31H33N5O7/c1-6-42-30(39)43-25-16-36(31(2,3)17-37)23-13-18(8-10-22(23)26(25)38)7-9-20-11-19(14-24(40-4)27(20)41-5)12-21-15-34-29(33)35-28(21)32/h8,10-11,13-16,37H,6,12,17H2,1-5H3,(H4,32,33,34,35). The van der Waals surface area contributed by atoms with Crippen molar-refractivity contribution < 1.29 is 28.8 Å². The van der Waals surface area contributed by atoms with Crippen LogP contribution in [0.4, 0.5) is 16.6 Å². The van der Waals surface area contributed by atoms with Crippen molar-refractivity contribution in [2.24, 2.45) is 0 Å². The van der Waals surface area contributed by atoms with E-state index in [9.17, 15) is 14.7 Å². The number of fused-ring (bicyclic) bond motifs is 1. The molecule has 12 heteroatoms. The number of aliphatic hydroxyl groups is 1. The van der Waals surface area contributed by atoms with E-state index in [2.05, 4.69) is 21.8 Å². The van der Waals surface area contributed by atoms with Crippen LogP contribution in [0.1, 0.15) is 43.0 Å². The zero-order chi connectivity index (χ0) is 31.3. The van der Waals surface area contributed by atoms with Gasteiger partial charge < -0.3 is 40.1 Å². The third-order valence-electron chi connectivity index (χ3n) is 6.66. The highest BCUT2D eigenvalue weighted by molar-refractivity contribution is 5.83. The number of nitrogens with zero attached hydrogens (tertiary/aromatic N) is 3. The maximum Gasteiger partial charge on any atom is 0.514 e. The van der Waals surface area contributed by atoms with Gasteiger partial charge in [0.25, 0.3) is 0 Å². The first-order valence-corrected chi connectivity index (χ1v) is 13.3. The van der Waals surface area contributed by atoms with Crippen LogP contribution in [-0.2, 0) is 16.7 Å². The predicted octanol–water partition coefficient (Wildman–Crippen LogP) is 3.23. The Kier molecular flexibility index (Phi) is 9.06. The molecule has 4 aromatic rings. The first-order valence-electron chi connectivity index (χ1n) is 13.3. The van der Waals surface area contributed by atoms with Gasteiger partial charge in [-0.15, -0.1) is 0 Å². The summed E-state index contributed by atoms with van der Waals surface area (Å²) in [5, 5.41) is 10.4. The van der Waals surface area contributed by atoms with Crippen molar-refractivity contribution >= 4 is 28.8 Å². The Hall–Kier alpha value is -5.28. The number of methoxy groups -OCH3 is 2. The molecule has 0 saturated carbocycles. The molecule has 0 spiro atoms. The molecule has 0 aliphatic carbocycles. The van der Waals surface area contributed by atoms with Crippen LogP contribution in [0.3, 0.4) is 0 Å². The zero-order valence-corrected chi connectivity index (χ0v) is 24.6. The lowest BCUT2D eigenvalue weighted by molar-refractivity contribution is 0.103. The molecule has 0 saturated heterocycles. The number of carbonyl (C=O) groups is 1. The lowest BCUT2D eigenvalue weighted by Crippen LogP contribution is -2.32. The third kappa shape index (κ3) is 6.63. The minimum atomic E-state index is -0.993. The van der Waals surface area contributed by atoms with E-state index in [0.717, 1.165) is 5.56 Å². The van der Waals surface area contributed by atoms with Gasteiger partial charge in [-0.3, -0.25) is 4.79 Å². The van der Waals surface area contributed by atoms with Gasteiger partial charge in [0, 0.05) is 29.1 Å². The molecule has 0 fully saturated rings. The smallest absolute Gasteiger partial charge is 0.493 e. The van der Waals surface area contributed by atoms with Crippen molar-refractivity contribution in [1.82, 2.24) is 14.5 Å². The number of benzene rings is 2. The zero-order valence-electron chi connectivity index (χ0n) is 24.6. The lowest BCUT2D eigenvalue weighted by atomic mass is 10.0. The number of aromatic nitrogens is 3. The highest BCUT2D eigenvalue weighted by Gasteiger charge is 2.24. The monoisotopic (exact) mass is 587 g/mol. The largest absolute Gasteiger partial charge is 0.514 e. The van der Waals surface area contributed by atoms with E-state index in [1.165, 1.54) is 20.4 Å². The minimum absolute atomic E-state index is 0.0889. The summed E-state index contributed by atoms with van der Waals surface area (Å²) in [6.45, 7) is 5.03. The number of rotatable bonds is 8. The summed E-state index contributed by atoms with van der Waals surface area (Å²) >= 11 is 0. The van der Waals surface area contributed by atoms with Gasteiger partial charge in [0.05, 0.1) is 50.2 Å². The summed E-state index contributed by atoms with van der Waals surface area (Å²) in [7, 11) is 3.06. The third-order valence-corrected chi connectivity index (χ3v) is 6.66. The Labute approximate surface area is 248 Å². The van der Waals surface area contributed by atoms with Gasteiger partial charge >= 0.3 is 6.16 Å². The number of pyridine rings is 1. The molecule has 0 atom stereocenters. The Morgan fingerprint density at radius 2 is 1.86 bits per heavy atom. The number of ether oxygens (including phenoxy) is 4. The Bertz CT molecular complexity index is 1800. The van der Waals surface area contributed by atoms with Crippen LogP contribution < -0.4 is 31.1 Å². The number of hydrogen-bond acceptors (Lipinski definition) is 11. The molecule has 0 aliphatic rings. The van der Waals surface area contributed by atoms with Crippen LogP contribution in [-0.4, -0.2) is 53.2 Å². The van der Waals surface area contributed by atoms with Crippen molar-refractivity contribution in [3.63, 3.8) is 0 Å². The molecular formula is C31H33N5O7. The molecule has 0 radical (unpaired) electrons. The maximum absolute atomic E-state index is 13.2. The molecule has 5 N–H and O–H groups in total. The van der Waals surface area contributed by atoms with Crippen LogP contribution in [0.2, 0.25) is 0 Å². The van der Waals surface area contributed by atoms with Crippen LogP contribution in [0.15, 0.2) is 47.5 Å². The van der Waals surface area contributed by atoms with Gasteiger partial charge in [0.15, 0.2) is 17.2 Å². The first-order chi connectivity index (χ1) is 20.5. The van der Waals surface area contributed by atoms with Gasteiger partial charge in [0.2, 0.25) is 11.4 Å². The molecule has 43 heavy (non-hydrogen) atoms. The molecule has 12 nitrogen and oxygen atoms in total. The topological polar surface area (TPSA) is 174 Å². The number of anilines is 2. The molecule has 4 rings (SSSR count). The quantitative estimate of drug-likeness (QED) is 0.204. The van der Waals surface area contributed by atoms with Crippen molar-refractivity contribution in [2.45, 2.75) is 32.7 Å². The van der Waals surface area contributed by atoms with Crippen LogP contribution in [0.5, 0.6) is 17.2 Å². The molecular weight excluding hydrogens is 554 g/mol. The molecule has 2 aromatic heterocycles. The van der Waals surface area contributed by atoms with Crippen molar-refractivity contribution in [3.8, 4) is 29.1 Å². The van der Waals surface area contributed by atoms with E-state index in [1.54, 1.807) is 49.7 Å². The molecule has 0 bridgehead atoms. The highest BCUT2D eigenvalue weighted by atomic mass is 16.7. The average Bonchev–Trinajstić information content (AvgIpc) is 2.98. The molecule has 2 aromatic carbocycles. The second-order valence-corrected chi connectivity index (χ2v) is 10.1. The number of nitrogens with two attached hydrogens (primary N) is 2. The van der Waals surface area contributed by atoms with Crippen molar-refractivity contribution in [2.75, 3.05) is 38.9 Å².